The average molecular weight is 874 g/mol. The molecule has 0 spiro atoms. The summed E-state index contributed by atoms with van der Waals surface area (Å²) in [5.41, 5.74) is 9.71. The lowest BCUT2D eigenvalue weighted by Gasteiger charge is -2.34. The van der Waals surface area contributed by atoms with Crippen LogP contribution in [-0.4, -0.2) is 69.6 Å². The molecule has 1 heterocycles. The van der Waals surface area contributed by atoms with Crippen LogP contribution in [0.1, 0.15) is 22.3 Å². The fraction of sp³-hybridized carbons (Fsp3) is 0.178. The Hall–Kier alpha value is -7.21. The molecule has 4 amide bonds. The van der Waals surface area contributed by atoms with Crippen molar-refractivity contribution >= 4 is 64.0 Å². The van der Waals surface area contributed by atoms with Crippen LogP contribution in [0, 0.1) is 3.95 Å². The average Bonchev–Trinajstić information content (AvgIpc) is 3.71. The summed E-state index contributed by atoms with van der Waals surface area (Å²) in [4.78, 5) is 71.2. The van der Waals surface area contributed by atoms with E-state index in [1.807, 2.05) is 36.4 Å². The third kappa shape index (κ3) is 12.9. The normalized spacial score (nSPS) is 12.2. The summed E-state index contributed by atoms with van der Waals surface area (Å²) in [6.45, 7) is -0.278. The van der Waals surface area contributed by atoms with Gasteiger partial charge in [-0.05, 0) is 83.7 Å². The van der Waals surface area contributed by atoms with Gasteiger partial charge in [0.05, 0.1) is 12.1 Å². The highest BCUT2D eigenvalue weighted by molar-refractivity contribution is 7.73. The summed E-state index contributed by atoms with van der Waals surface area (Å²) >= 11 is 6.09. The lowest BCUT2D eigenvalue weighted by molar-refractivity contribution is -0.134. The number of amides is 4. The Labute approximate surface area is 365 Å². The van der Waals surface area contributed by atoms with Gasteiger partial charge in [0.2, 0.25) is 16.9 Å². The lowest BCUT2D eigenvalue weighted by Crippen LogP contribution is -2.61. The summed E-state index contributed by atoms with van der Waals surface area (Å²) in [5, 5.41) is 24.2. The van der Waals surface area contributed by atoms with Gasteiger partial charge in [0.15, 0.2) is 15.8 Å². The summed E-state index contributed by atoms with van der Waals surface area (Å²) in [7, 11) is 0. The number of hydrogen-bond acceptors (Lipinski definition) is 12. The van der Waals surface area contributed by atoms with Crippen molar-refractivity contribution in [1.82, 2.24) is 20.8 Å². The number of aromatic hydroxyl groups is 1. The Bertz CT molecular complexity index is 2490. The van der Waals surface area contributed by atoms with Crippen molar-refractivity contribution in [3.63, 3.8) is 0 Å². The topological polar surface area (TPSA) is 218 Å². The first-order valence-corrected chi connectivity index (χ1v) is 20.6. The first-order valence-electron chi connectivity index (χ1n) is 19.3. The number of carbonyl (C=O) groups is 5. The molecule has 318 valence electrons. The van der Waals surface area contributed by atoms with Crippen LogP contribution in [0.15, 0.2) is 140 Å². The second-order valence-electron chi connectivity index (χ2n) is 13.9. The SMILES string of the molecule is N[C@@H](Cc1ccc(OCc2ccccc2)cc1)C(=O)N(c1ccccc1)C(C(=O)Nc1n[nH]c(=S)s1)C(=O)[C@H](Cc1ccc(O)cc1)NC(=O)CNC(=O)OCc1ccccc1. The number of ketones is 1. The number of phenolic OH excluding ortho intramolecular Hbond substituents is 1. The van der Waals surface area contributed by atoms with Crippen molar-refractivity contribution in [1.29, 1.82) is 0 Å². The number of nitrogens with one attached hydrogen (secondary N) is 4. The highest BCUT2D eigenvalue weighted by atomic mass is 32.1. The van der Waals surface area contributed by atoms with Crippen LogP contribution in [0.3, 0.4) is 0 Å². The first-order chi connectivity index (χ1) is 30.0. The first kappa shape index (κ1) is 44.3. The van der Waals surface area contributed by atoms with Crippen molar-refractivity contribution in [3.05, 3.63) is 166 Å². The van der Waals surface area contributed by atoms with Gasteiger partial charge in [0, 0.05) is 5.69 Å². The number of alkyl carbamates (subject to hydrolysis) is 1. The van der Waals surface area contributed by atoms with E-state index in [1.165, 1.54) is 12.1 Å². The predicted octanol–water partition coefficient (Wildman–Crippen LogP) is 5.62. The molecule has 15 nitrogen and oxygen atoms in total. The maximum absolute atomic E-state index is 15.1. The van der Waals surface area contributed by atoms with Crippen LogP contribution in [-0.2, 0) is 50.0 Å². The number of nitrogens with zero attached hydrogens (tertiary/aromatic N) is 2. The predicted molar refractivity (Wildman–Crippen MR) is 236 cm³/mol. The Morgan fingerprint density at radius 1 is 0.758 bits per heavy atom. The number of phenols is 1. The minimum absolute atomic E-state index is 0.0180. The molecule has 0 saturated carbocycles. The summed E-state index contributed by atoms with van der Waals surface area (Å²) in [5.74, 6) is -2.88. The van der Waals surface area contributed by atoms with Gasteiger partial charge in [-0.1, -0.05) is 114 Å². The molecule has 3 atom stereocenters. The molecule has 0 bridgehead atoms. The highest BCUT2D eigenvalue weighted by Gasteiger charge is 2.42. The van der Waals surface area contributed by atoms with Crippen molar-refractivity contribution in [2.45, 2.75) is 44.2 Å². The fourth-order valence-electron chi connectivity index (χ4n) is 6.26. The summed E-state index contributed by atoms with van der Waals surface area (Å²) in [6, 6.07) is 35.0. The van der Waals surface area contributed by atoms with Crippen LogP contribution < -0.4 is 31.3 Å². The molecular formula is C45H43N7O8S2. The minimum Gasteiger partial charge on any atom is -0.508 e. The zero-order valence-electron chi connectivity index (χ0n) is 33.1. The van der Waals surface area contributed by atoms with Gasteiger partial charge < -0.3 is 30.9 Å². The Balaban J connectivity index is 1.27. The molecule has 6 aromatic rings. The second-order valence-corrected chi connectivity index (χ2v) is 15.6. The molecule has 1 unspecified atom stereocenters. The van der Waals surface area contributed by atoms with Gasteiger partial charge in [-0.2, -0.15) is 0 Å². The van der Waals surface area contributed by atoms with E-state index in [1.54, 1.807) is 91.0 Å². The Morgan fingerprint density at radius 2 is 1.34 bits per heavy atom. The van der Waals surface area contributed by atoms with Crippen LogP contribution in [0.4, 0.5) is 15.6 Å². The van der Waals surface area contributed by atoms with E-state index >= 15 is 4.79 Å². The zero-order chi connectivity index (χ0) is 43.8. The van der Waals surface area contributed by atoms with E-state index in [2.05, 4.69) is 26.1 Å². The molecule has 62 heavy (non-hydrogen) atoms. The molecule has 0 aliphatic carbocycles. The number of aromatic amines is 1. The van der Waals surface area contributed by atoms with Gasteiger partial charge in [-0.3, -0.25) is 34.5 Å². The zero-order valence-corrected chi connectivity index (χ0v) is 34.8. The third-order valence-electron chi connectivity index (χ3n) is 9.32. The van der Waals surface area contributed by atoms with E-state index in [-0.39, 0.29) is 40.0 Å². The van der Waals surface area contributed by atoms with E-state index in [0.717, 1.165) is 27.4 Å². The monoisotopic (exact) mass is 873 g/mol. The van der Waals surface area contributed by atoms with E-state index in [0.29, 0.717) is 23.5 Å². The molecule has 0 fully saturated rings. The third-order valence-corrected chi connectivity index (χ3v) is 10.3. The highest BCUT2D eigenvalue weighted by Crippen LogP contribution is 2.24. The Kier molecular flexibility index (Phi) is 15.6. The largest absolute Gasteiger partial charge is 0.508 e. The van der Waals surface area contributed by atoms with Crippen LogP contribution in [0.5, 0.6) is 11.5 Å². The van der Waals surface area contributed by atoms with Crippen LogP contribution in [0.25, 0.3) is 0 Å². The minimum atomic E-state index is -1.94. The molecular weight excluding hydrogens is 831 g/mol. The van der Waals surface area contributed by atoms with Gasteiger partial charge in [-0.15, -0.1) is 5.10 Å². The number of hydrogen-bond donors (Lipinski definition) is 6. The standard InChI is InChI=1S/C45H43N7O8S2/c46-36(24-29-18-22-35(23-19-29)59-27-31-10-4-1-5-11-31)42(57)52(33-14-8-3-9-15-33)39(41(56)49-43-50-51-45(61)62-43)40(55)37(25-30-16-20-34(53)21-17-30)48-38(54)26-47-44(58)60-28-32-12-6-2-7-13-32/h1-23,36-37,39,53H,24-28,46H2,(H,47,58)(H,48,54)(H,51,61)(H,49,50,56)/t36-,37-,39?/m0/s1. The molecule has 0 saturated heterocycles. The molecule has 0 aliphatic rings. The van der Waals surface area contributed by atoms with Crippen LogP contribution >= 0.6 is 23.6 Å². The molecule has 0 radical (unpaired) electrons. The van der Waals surface area contributed by atoms with E-state index in [9.17, 15) is 24.3 Å². The second kappa shape index (κ2) is 21.9. The van der Waals surface area contributed by atoms with E-state index in [4.69, 9.17) is 27.4 Å². The van der Waals surface area contributed by atoms with E-state index < -0.39 is 54.3 Å². The fourth-order valence-corrected chi connectivity index (χ4v) is 7.05. The number of H-pyrrole nitrogens is 1. The maximum atomic E-state index is 15.1. The number of Topliss-reactive ketones (excluding diaryl/α,β-unsaturated/α-hetero) is 1. The van der Waals surface area contributed by atoms with Crippen molar-refractivity contribution < 1.29 is 38.6 Å². The Morgan fingerprint density at radius 3 is 1.95 bits per heavy atom. The molecule has 0 aliphatic heterocycles. The quantitative estimate of drug-likeness (QED) is 0.0434. The molecule has 17 heteroatoms. The number of benzene rings is 5. The maximum Gasteiger partial charge on any atom is 0.407 e. The molecule has 7 N–H and O–H groups in total. The van der Waals surface area contributed by atoms with Gasteiger partial charge in [0.25, 0.3) is 5.91 Å². The molecule has 6 rings (SSSR count). The van der Waals surface area contributed by atoms with Gasteiger partial charge >= 0.3 is 6.09 Å². The number of nitrogens with two attached hydrogens (primary N) is 1. The van der Waals surface area contributed by atoms with Crippen molar-refractivity contribution in [3.8, 4) is 11.5 Å². The smallest absolute Gasteiger partial charge is 0.407 e. The number of rotatable bonds is 19. The van der Waals surface area contributed by atoms with Crippen molar-refractivity contribution in [2.24, 2.45) is 5.73 Å². The number of anilines is 2. The lowest BCUT2D eigenvalue weighted by atomic mass is 9.94. The number of ether oxygens (including phenoxy) is 2. The summed E-state index contributed by atoms with van der Waals surface area (Å²) < 4.78 is 11.4. The summed E-state index contributed by atoms with van der Waals surface area (Å²) in [6.07, 6.45) is -1.05. The number of para-hydroxylation sites is 1. The van der Waals surface area contributed by atoms with Gasteiger partial charge in [0.1, 0.15) is 31.3 Å². The van der Waals surface area contributed by atoms with Gasteiger partial charge in [-0.25, -0.2) is 4.79 Å². The number of aromatic nitrogens is 2. The molecule has 1 aromatic heterocycles. The van der Waals surface area contributed by atoms with Crippen LogP contribution in [0.2, 0.25) is 0 Å². The molecule has 5 aromatic carbocycles. The van der Waals surface area contributed by atoms with Crippen molar-refractivity contribution in [2.75, 3.05) is 16.8 Å². The number of carbonyl (C=O) groups excluding carboxylic acids is 5.